The van der Waals surface area contributed by atoms with E-state index < -0.39 is 6.04 Å². The largest absolute Gasteiger partial charge is 0.335 e. The van der Waals surface area contributed by atoms with Crippen LogP contribution in [0.3, 0.4) is 0 Å². The first-order chi connectivity index (χ1) is 16.9. The summed E-state index contributed by atoms with van der Waals surface area (Å²) < 4.78 is 6.95. The number of nitrogens with zero attached hydrogens (tertiary/aromatic N) is 5. The molecule has 0 spiro atoms. The van der Waals surface area contributed by atoms with Crippen molar-refractivity contribution in [2.45, 2.75) is 46.2 Å². The van der Waals surface area contributed by atoms with E-state index in [0.29, 0.717) is 28.9 Å². The van der Waals surface area contributed by atoms with Gasteiger partial charge in [-0.3, -0.25) is 14.2 Å². The van der Waals surface area contributed by atoms with Crippen molar-refractivity contribution in [2.24, 2.45) is 0 Å². The number of carbonyl (C=O) groups excluding carboxylic acids is 1. The molecule has 35 heavy (non-hydrogen) atoms. The van der Waals surface area contributed by atoms with E-state index in [1.807, 2.05) is 56.3 Å². The maximum Gasteiger partial charge on any atom is 0.267 e. The Morgan fingerprint density at radius 3 is 2.51 bits per heavy atom. The summed E-state index contributed by atoms with van der Waals surface area (Å²) in [5.74, 6) is 0.185. The molecule has 1 amide bonds. The molecule has 8 nitrogen and oxygen atoms in total. The molecule has 0 N–H and O–H groups in total. The molecule has 0 bridgehead atoms. The number of aromatic nitrogens is 3. The maximum atomic E-state index is 13.6. The van der Waals surface area contributed by atoms with E-state index in [9.17, 15) is 14.9 Å². The average Bonchev–Trinajstić information content (AvgIpc) is 3.25. The number of nitriles is 1. The van der Waals surface area contributed by atoms with Crippen molar-refractivity contribution in [3.8, 4) is 6.07 Å². The van der Waals surface area contributed by atoms with Crippen LogP contribution in [0.25, 0.3) is 11.1 Å². The minimum atomic E-state index is -0.552. The second kappa shape index (κ2) is 10.3. The van der Waals surface area contributed by atoms with Gasteiger partial charge in [-0.1, -0.05) is 60.1 Å². The fourth-order valence-electron chi connectivity index (χ4n) is 4.23. The van der Waals surface area contributed by atoms with Gasteiger partial charge in [-0.2, -0.15) is 10.2 Å². The molecule has 178 valence electrons. The molecule has 4 rings (SSSR count). The van der Waals surface area contributed by atoms with Crippen LogP contribution in [-0.2, 0) is 6.54 Å². The molecule has 1 unspecified atom stereocenters. The second-order valence-corrected chi connectivity index (χ2v) is 8.49. The highest BCUT2D eigenvalue weighted by Gasteiger charge is 2.30. The Balaban J connectivity index is 1.87. The average molecular weight is 470 g/mol. The van der Waals surface area contributed by atoms with Crippen LogP contribution in [0.15, 0.2) is 63.9 Å². The Bertz CT molecular complexity index is 1430. The van der Waals surface area contributed by atoms with Gasteiger partial charge in [0.2, 0.25) is 0 Å². The molecule has 2 heterocycles. The summed E-state index contributed by atoms with van der Waals surface area (Å²) in [4.78, 5) is 33.6. The molecule has 2 aromatic heterocycles. The third-order valence-corrected chi connectivity index (χ3v) is 6.06. The zero-order valence-corrected chi connectivity index (χ0v) is 20.1. The van der Waals surface area contributed by atoms with Crippen molar-refractivity contribution in [1.29, 1.82) is 5.26 Å². The number of aryl methyl sites for hydroxylation is 2. The number of fused-ring (bicyclic) bond motifs is 1. The van der Waals surface area contributed by atoms with Crippen LogP contribution in [0.1, 0.15) is 58.8 Å². The monoisotopic (exact) mass is 469 g/mol. The van der Waals surface area contributed by atoms with Crippen LogP contribution in [-0.4, -0.2) is 32.1 Å². The van der Waals surface area contributed by atoms with Gasteiger partial charge in [0.15, 0.2) is 0 Å². The standard InChI is InChI=1S/C27H27N5O3/c1-4-22(31(16-8-15-28)26(33)21-13-11-18(2)12-14-21)24-29-25-23(19(3)30-35-25)27(34)32(24)17-20-9-6-5-7-10-20/h5-7,9-14,22H,4,8,16-17H2,1-3H3. The maximum absolute atomic E-state index is 13.6. The topological polar surface area (TPSA) is 105 Å². The van der Waals surface area contributed by atoms with Crippen molar-refractivity contribution in [1.82, 2.24) is 19.6 Å². The molecular weight excluding hydrogens is 442 g/mol. The van der Waals surface area contributed by atoms with E-state index >= 15 is 0 Å². The van der Waals surface area contributed by atoms with Crippen LogP contribution in [0.2, 0.25) is 0 Å². The number of rotatable bonds is 8. The van der Waals surface area contributed by atoms with E-state index in [4.69, 9.17) is 9.51 Å². The first kappa shape index (κ1) is 23.9. The summed E-state index contributed by atoms with van der Waals surface area (Å²) in [6.45, 7) is 6.08. The lowest BCUT2D eigenvalue weighted by Gasteiger charge is -2.31. The van der Waals surface area contributed by atoms with Crippen molar-refractivity contribution in [2.75, 3.05) is 6.54 Å². The zero-order valence-electron chi connectivity index (χ0n) is 20.1. The van der Waals surface area contributed by atoms with Gasteiger partial charge >= 0.3 is 0 Å². The Labute approximate surface area is 203 Å². The summed E-state index contributed by atoms with van der Waals surface area (Å²) in [5, 5.41) is 13.6. The van der Waals surface area contributed by atoms with Crippen molar-refractivity contribution in [3.05, 3.63) is 93.2 Å². The lowest BCUT2D eigenvalue weighted by atomic mass is 10.1. The van der Waals surface area contributed by atoms with Crippen LogP contribution in [0.4, 0.5) is 0 Å². The smallest absolute Gasteiger partial charge is 0.267 e. The highest BCUT2D eigenvalue weighted by molar-refractivity contribution is 5.94. The van der Waals surface area contributed by atoms with Gasteiger partial charge in [0.05, 0.1) is 30.8 Å². The Morgan fingerprint density at radius 1 is 1.14 bits per heavy atom. The molecule has 0 aliphatic heterocycles. The zero-order chi connectivity index (χ0) is 24.9. The van der Waals surface area contributed by atoms with Crippen molar-refractivity contribution in [3.63, 3.8) is 0 Å². The minimum absolute atomic E-state index is 0.147. The third-order valence-electron chi connectivity index (χ3n) is 6.06. The highest BCUT2D eigenvalue weighted by atomic mass is 16.5. The lowest BCUT2D eigenvalue weighted by molar-refractivity contribution is 0.0661. The molecule has 4 aromatic rings. The number of amides is 1. The van der Waals surface area contributed by atoms with Gasteiger partial charge in [-0.25, -0.2) is 0 Å². The minimum Gasteiger partial charge on any atom is -0.335 e. The van der Waals surface area contributed by atoms with Gasteiger partial charge in [0.25, 0.3) is 17.2 Å². The van der Waals surface area contributed by atoms with E-state index in [2.05, 4.69) is 11.2 Å². The molecule has 0 saturated carbocycles. The van der Waals surface area contributed by atoms with Gasteiger partial charge < -0.3 is 9.42 Å². The highest BCUT2D eigenvalue weighted by Crippen LogP contribution is 2.27. The molecule has 1 atom stereocenters. The molecule has 0 radical (unpaired) electrons. The predicted molar refractivity (Wildman–Crippen MR) is 132 cm³/mol. The molecule has 0 aliphatic rings. The lowest BCUT2D eigenvalue weighted by Crippen LogP contribution is -2.39. The second-order valence-electron chi connectivity index (χ2n) is 8.49. The van der Waals surface area contributed by atoms with Gasteiger partial charge in [-0.15, -0.1) is 0 Å². The first-order valence-corrected chi connectivity index (χ1v) is 11.6. The molecule has 2 aromatic carbocycles. The van der Waals surface area contributed by atoms with Gasteiger partial charge in [-0.05, 0) is 38.0 Å². The Hall–Kier alpha value is -4.25. The van der Waals surface area contributed by atoms with Gasteiger partial charge in [0, 0.05) is 12.1 Å². The quantitative estimate of drug-likeness (QED) is 0.375. The summed E-state index contributed by atoms with van der Waals surface area (Å²) in [5.41, 5.74) is 2.83. The third kappa shape index (κ3) is 4.85. The SMILES string of the molecule is CCC(c1nc2onc(C)c2c(=O)n1Cc1ccccc1)N(CCC#N)C(=O)c1ccc(C)cc1. The van der Waals surface area contributed by atoms with Crippen molar-refractivity contribution >= 4 is 17.0 Å². The van der Waals surface area contributed by atoms with E-state index in [1.165, 1.54) is 0 Å². The summed E-state index contributed by atoms with van der Waals surface area (Å²) >= 11 is 0. The predicted octanol–water partition coefficient (Wildman–Crippen LogP) is 4.56. The van der Waals surface area contributed by atoms with E-state index in [-0.39, 0.29) is 36.7 Å². The molecule has 0 fully saturated rings. The number of benzene rings is 2. The van der Waals surface area contributed by atoms with Crippen LogP contribution in [0.5, 0.6) is 0 Å². The normalized spacial score (nSPS) is 11.8. The molecule has 0 aliphatic carbocycles. The number of hydrogen-bond donors (Lipinski definition) is 0. The fourth-order valence-corrected chi connectivity index (χ4v) is 4.23. The van der Waals surface area contributed by atoms with Crippen LogP contribution < -0.4 is 5.56 Å². The van der Waals surface area contributed by atoms with Crippen LogP contribution in [0, 0.1) is 25.2 Å². The number of hydrogen-bond acceptors (Lipinski definition) is 6. The summed E-state index contributed by atoms with van der Waals surface area (Å²) in [7, 11) is 0. The van der Waals surface area contributed by atoms with Crippen molar-refractivity contribution < 1.29 is 9.32 Å². The Kier molecular flexibility index (Phi) is 7.06. The summed E-state index contributed by atoms with van der Waals surface area (Å²) in [6, 6.07) is 18.5. The summed E-state index contributed by atoms with van der Waals surface area (Å²) in [6.07, 6.45) is 0.642. The first-order valence-electron chi connectivity index (χ1n) is 11.6. The van der Waals surface area contributed by atoms with Gasteiger partial charge in [0.1, 0.15) is 11.2 Å². The molecule has 0 saturated heterocycles. The molecule has 8 heteroatoms. The van der Waals surface area contributed by atoms with E-state index in [0.717, 1.165) is 11.1 Å². The van der Waals surface area contributed by atoms with E-state index in [1.54, 1.807) is 28.5 Å². The molecular formula is C27H27N5O3. The van der Waals surface area contributed by atoms with Crippen LogP contribution >= 0.6 is 0 Å². The fraction of sp³-hybridized carbons (Fsp3) is 0.296. The number of carbonyl (C=O) groups is 1. The Morgan fingerprint density at radius 2 is 1.86 bits per heavy atom.